The van der Waals surface area contributed by atoms with Gasteiger partial charge in [0.05, 0.1) is 18.2 Å². The van der Waals surface area contributed by atoms with E-state index < -0.39 is 17.4 Å². The number of hydrogen-bond acceptors (Lipinski definition) is 6. The van der Waals surface area contributed by atoms with Crippen molar-refractivity contribution < 1.29 is 22.8 Å². The van der Waals surface area contributed by atoms with Crippen LogP contribution in [0.1, 0.15) is 105 Å². The van der Waals surface area contributed by atoms with Gasteiger partial charge in [-0.2, -0.15) is 18.4 Å². The highest BCUT2D eigenvalue weighted by Crippen LogP contribution is 2.50. The van der Waals surface area contributed by atoms with Gasteiger partial charge in [0.1, 0.15) is 11.4 Å². The van der Waals surface area contributed by atoms with Crippen LogP contribution in [0.25, 0.3) is 0 Å². The normalized spacial score (nSPS) is 21.4. The minimum absolute atomic E-state index is 0.109. The van der Waals surface area contributed by atoms with Crippen molar-refractivity contribution in [1.82, 2.24) is 30.8 Å². The average molecular weight is 610 g/mol. The summed E-state index contributed by atoms with van der Waals surface area (Å²) >= 11 is 0. The largest absolute Gasteiger partial charge is 0.416 e. The zero-order chi connectivity index (χ0) is 31.7. The highest BCUT2D eigenvalue weighted by molar-refractivity contribution is 6.46. The number of tetrazole rings is 1. The summed E-state index contributed by atoms with van der Waals surface area (Å²) in [5.41, 5.74) is 0.446. The van der Waals surface area contributed by atoms with Crippen LogP contribution in [-0.2, 0) is 17.5 Å². The number of aromatic nitrogens is 4. The molecule has 1 atom stereocenters. The molecule has 44 heavy (non-hydrogen) atoms. The number of carbonyl (C=O) groups is 2. The van der Waals surface area contributed by atoms with E-state index in [0.717, 1.165) is 37.0 Å². The first-order valence-corrected chi connectivity index (χ1v) is 15.0. The summed E-state index contributed by atoms with van der Waals surface area (Å²) in [5, 5.41) is 16.2. The van der Waals surface area contributed by atoms with Gasteiger partial charge in [-0.05, 0) is 73.3 Å². The quantitative estimate of drug-likeness (QED) is 0.313. The van der Waals surface area contributed by atoms with Gasteiger partial charge in [0.15, 0.2) is 5.82 Å². The Balaban J connectivity index is 1.46. The first-order valence-electron chi connectivity index (χ1n) is 15.0. The van der Waals surface area contributed by atoms with Crippen LogP contribution < -0.4 is 5.32 Å². The maximum absolute atomic E-state index is 14.3. The van der Waals surface area contributed by atoms with Crippen molar-refractivity contribution in [1.29, 1.82) is 0 Å². The van der Waals surface area contributed by atoms with Gasteiger partial charge in [-0.15, -0.1) is 10.2 Å². The van der Waals surface area contributed by atoms with Crippen molar-refractivity contribution in [2.45, 2.75) is 90.6 Å². The number of alkyl halides is 3. The van der Waals surface area contributed by atoms with Crippen molar-refractivity contribution in [3.8, 4) is 0 Å². The number of amides is 2. The van der Waals surface area contributed by atoms with Gasteiger partial charge in [0.2, 0.25) is 0 Å². The van der Waals surface area contributed by atoms with Gasteiger partial charge in [-0.1, -0.05) is 63.6 Å². The molecule has 1 saturated carbocycles. The van der Waals surface area contributed by atoms with Gasteiger partial charge in [0.25, 0.3) is 11.8 Å². The maximum atomic E-state index is 14.3. The molecule has 2 aliphatic rings. The summed E-state index contributed by atoms with van der Waals surface area (Å²) in [4.78, 5) is 34.0. The number of carbonyl (C=O) groups excluding carboxylic acids is 2. The number of aliphatic imine (C=N–C) groups is 1. The predicted octanol–water partition coefficient (Wildman–Crippen LogP) is 6.25. The number of aromatic amines is 1. The van der Waals surface area contributed by atoms with Crippen LogP contribution >= 0.6 is 0 Å². The summed E-state index contributed by atoms with van der Waals surface area (Å²) in [6, 6.07) is 11.5. The van der Waals surface area contributed by atoms with Crippen molar-refractivity contribution in [2.75, 3.05) is 0 Å². The highest BCUT2D eigenvalue weighted by Gasteiger charge is 2.52. The highest BCUT2D eigenvalue weighted by atomic mass is 19.4. The Kier molecular flexibility index (Phi) is 8.64. The summed E-state index contributed by atoms with van der Waals surface area (Å²) in [6.45, 7) is 8.85. The fraction of sp³-hybridized carbons (Fsp3) is 0.500. The zero-order valence-corrected chi connectivity index (χ0v) is 25.4. The lowest BCUT2D eigenvalue weighted by Gasteiger charge is -2.47. The fourth-order valence-corrected chi connectivity index (χ4v) is 6.44. The zero-order valence-electron chi connectivity index (χ0n) is 25.4. The molecule has 2 amide bonds. The predicted molar refractivity (Wildman–Crippen MR) is 158 cm³/mol. The molecule has 9 nitrogen and oxygen atoms in total. The van der Waals surface area contributed by atoms with E-state index in [2.05, 4.69) is 46.7 Å². The number of H-pyrrole nitrogens is 1. The number of rotatable bonds is 8. The van der Waals surface area contributed by atoms with Gasteiger partial charge in [-0.3, -0.25) is 14.6 Å². The molecule has 0 bridgehead atoms. The van der Waals surface area contributed by atoms with E-state index in [1.807, 2.05) is 24.0 Å². The van der Waals surface area contributed by atoms with E-state index in [9.17, 15) is 22.8 Å². The third-order valence-electron chi connectivity index (χ3n) is 8.91. The third-order valence-corrected chi connectivity index (χ3v) is 8.91. The number of benzene rings is 2. The summed E-state index contributed by atoms with van der Waals surface area (Å²) in [7, 11) is 0. The molecular formula is C32H38F3N7O2. The minimum Gasteiger partial charge on any atom is -0.345 e. The lowest BCUT2D eigenvalue weighted by molar-refractivity contribution is -0.137. The Morgan fingerprint density at radius 2 is 1.73 bits per heavy atom. The molecule has 1 spiro atoms. The number of nitrogens with zero attached hydrogens (tertiary/aromatic N) is 5. The SMILES string of the molecule is CCCC(c1ccc(C(=O)NCc2nn[nH]n2)cc1)N1C(=O)C(c2ccc(C(F)(F)F)cc2)=NC12CCC(C(C)(C)C)CC2. The van der Waals surface area contributed by atoms with Gasteiger partial charge in [-0.25, -0.2) is 0 Å². The molecule has 3 aromatic rings. The van der Waals surface area contributed by atoms with Crippen molar-refractivity contribution in [3.63, 3.8) is 0 Å². The smallest absolute Gasteiger partial charge is 0.345 e. The first kappa shape index (κ1) is 31.3. The second-order valence-electron chi connectivity index (χ2n) is 12.8. The van der Waals surface area contributed by atoms with E-state index in [4.69, 9.17) is 4.99 Å². The number of nitrogens with one attached hydrogen (secondary N) is 2. The van der Waals surface area contributed by atoms with Gasteiger partial charge < -0.3 is 10.2 Å². The van der Waals surface area contributed by atoms with Crippen molar-refractivity contribution in [2.24, 2.45) is 16.3 Å². The van der Waals surface area contributed by atoms with Crippen LogP contribution in [0.15, 0.2) is 53.5 Å². The molecular weight excluding hydrogens is 571 g/mol. The second-order valence-corrected chi connectivity index (χ2v) is 12.8. The molecule has 12 heteroatoms. The first-order chi connectivity index (χ1) is 20.8. The minimum atomic E-state index is -4.47. The number of hydrogen-bond donors (Lipinski definition) is 2. The molecule has 0 radical (unpaired) electrons. The second kappa shape index (κ2) is 12.1. The average Bonchev–Trinajstić information content (AvgIpc) is 3.60. The lowest BCUT2D eigenvalue weighted by atomic mass is 9.69. The molecule has 2 aromatic carbocycles. The van der Waals surface area contributed by atoms with E-state index in [0.29, 0.717) is 42.1 Å². The van der Waals surface area contributed by atoms with E-state index in [-0.39, 0.29) is 35.5 Å². The Morgan fingerprint density at radius 3 is 2.27 bits per heavy atom. The molecule has 1 aliphatic heterocycles. The van der Waals surface area contributed by atoms with Crippen molar-refractivity contribution in [3.05, 3.63) is 76.6 Å². The molecule has 1 fully saturated rings. The molecule has 234 valence electrons. The summed E-state index contributed by atoms with van der Waals surface area (Å²) in [5.74, 6) is 0.251. The summed E-state index contributed by atoms with van der Waals surface area (Å²) in [6.07, 6.45) is 0.0853. The van der Waals surface area contributed by atoms with Crippen LogP contribution in [0.3, 0.4) is 0 Å². The van der Waals surface area contributed by atoms with E-state index in [1.54, 1.807) is 12.1 Å². The van der Waals surface area contributed by atoms with Crippen LogP contribution in [0.2, 0.25) is 0 Å². The molecule has 1 aromatic heterocycles. The fourth-order valence-electron chi connectivity index (χ4n) is 6.44. The standard InChI is InChI=1S/C32H38F3N7O2/c1-5-6-25(20-7-9-22(10-8-20)28(43)36-19-26-38-40-41-39-26)42-29(44)27(21-11-13-24(14-12-21)32(33,34)35)37-31(42)17-15-23(16-18-31)30(2,3)4/h7-14,23,25H,5-6,15-19H2,1-4H3,(H,36,43)(H,38,39,40,41). The molecule has 1 aliphatic carbocycles. The topological polar surface area (TPSA) is 116 Å². The van der Waals surface area contributed by atoms with Crippen LogP contribution in [0, 0.1) is 11.3 Å². The summed E-state index contributed by atoms with van der Waals surface area (Å²) < 4.78 is 39.8. The monoisotopic (exact) mass is 609 g/mol. The van der Waals surface area contributed by atoms with E-state index >= 15 is 0 Å². The van der Waals surface area contributed by atoms with Crippen LogP contribution in [0.4, 0.5) is 13.2 Å². The molecule has 5 rings (SSSR count). The Labute approximate surface area is 254 Å². The van der Waals surface area contributed by atoms with Crippen LogP contribution in [0.5, 0.6) is 0 Å². The molecule has 0 saturated heterocycles. The van der Waals surface area contributed by atoms with Crippen molar-refractivity contribution >= 4 is 17.5 Å². The third kappa shape index (κ3) is 6.39. The molecule has 2 N–H and O–H groups in total. The maximum Gasteiger partial charge on any atom is 0.416 e. The Morgan fingerprint density at radius 1 is 1.07 bits per heavy atom. The van der Waals surface area contributed by atoms with Gasteiger partial charge >= 0.3 is 6.18 Å². The Bertz CT molecular complexity index is 1490. The lowest BCUT2D eigenvalue weighted by Crippen LogP contribution is -2.51. The van der Waals surface area contributed by atoms with Gasteiger partial charge in [0, 0.05) is 11.1 Å². The van der Waals surface area contributed by atoms with Crippen LogP contribution in [-0.4, -0.2) is 48.7 Å². The number of halogens is 3. The molecule has 2 heterocycles. The Hall–Kier alpha value is -4.09. The molecule has 1 unspecified atom stereocenters. The van der Waals surface area contributed by atoms with E-state index in [1.165, 1.54) is 12.1 Å².